The van der Waals surface area contributed by atoms with Crippen LogP contribution in [0.25, 0.3) is 16.9 Å². The molecule has 1 saturated heterocycles. The van der Waals surface area contributed by atoms with Crippen molar-refractivity contribution in [3.8, 4) is 11.3 Å². The number of amides is 1. The van der Waals surface area contributed by atoms with E-state index in [9.17, 15) is 4.79 Å². The predicted octanol–water partition coefficient (Wildman–Crippen LogP) is 4.96. The van der Waals surface area contributed by atoms with E-state index in [1.54, 1.807) is 16.8 Å². The smallest absolute Gasteiger partial charge is 0.253 e. The molecular formula is C25H26BrClN6O2. The normalized spacial score (nSPS) is 18.9. The lowest BCUT2D eigenvalue weighted by atomic mass is 9.90. The lowest BCUT2D eigenvalue weighted by molar-refractivity contribution is -0.128. The summed E-state index contributed by atoms with van der Waals surface area (Å²) in [5, 5.41) is 8.74. The summed E-state index contributed by atoms with van der Waals surface area (Å²) >= 11 is 10.0. The predicted molar refractivity (Wildman–Crippen MR) is 140 cm³/mol. The minimum atomic E-state index is 0.00376. The Labute approximate surface area is 216 Å². The molecule has 1 aromatic carbocycles. The van der Waals surface area contributed by atoms with Gasteiger partial charge in [0.25, 0.3) is 5.91 Å². The number of hydrogen-bond acceptors (Lipinski definition) is 6. The molecule has 5 rings (SSSR count). The largest absolute Gasteiger partial charge is 0.411 e. The fraction of sp³-hybridized carbons (Fsp3) is 0.320. The summed E-state index contributed by atoms with van der Waals surface area (Å²) in [7, 11) is 0. The number of hydrogen-bond donors (Lipinski definition) is 2. The average Bonchev–Trinajstić information content (AvgIpc) is 3.25. The van der Waals surface area contributed by atoms with E-state index in [0.29, 0.717) is 35.1 Å². The zero-order valence-electron chi connectivity index (χ0n) is 19.2. The van der Waals surface area contributed by atoms with Crippen LogP contribution in [0, 0.1) is 5.92 Å². The number of likely N-dealkylation sites (tertiary alicyclic amines) is 1. The third-order valence-electron chi connectivity index (χ3n) is 6.59. The number of benzene rings is 1. The zero-order chi connectivity index (χ0) is 24.5. The minimum Gasteiger partial charge on any atom is -0.411 e. The van der Waals surface area contributed by atoms with Gasteiger partial charge in [0.05, 0.1) is 21.9 Å². The SMILES string of the molecule is C[C@@H]1CC=CC(ON)=C1C(=O)N1CCC(Nc2cc(-c3ccccc3Cl)nc3c(Br)cnn23)CC1. The molecule has 0 saturated carbocycles. The van der Waals surface area contributed by atoms with Gasteiger partial charge in [0.15, 0.2) is 11.4 Å². The molecule has 0 bridgehead atoms. The Hall–Kier alpha value is -2.88. The maximum Gasteiger partial charge on any atom is 0.253 e. The van der Waals surface area contributed by atoms with Crippen LogP contribution in [0.3, 0.4) is 0 Å². The number of fused-ring (bicyclic) bond motifs is 1. The molecule has 3 heterocycles. The Morgan fingerprint density at radius 2 is 2.06 bits per heavy atom. The fourth-order valence-corrected chi connectivity index (χ4v) is 5.28. The van der Waals surface area contributed by atoms with Crippen molar-refractivity contribution in [2.75, 3.05) is 18.4 Å². The highest BCUT2D eigenvalue weighted by Gasteiger charge is 2.31. The van der Waals surface area contributed by atoms with Crippen molar-refractivity contribution in [2.45, 2.75) is 32.2 Å². The van der Waals surface area contributed by atoms with E-state index in [4.69, 9.17) is 27.3 Å². The van der Waals surface area contributed by atoms with E-state index < -0.39 is 0 Å². The molecule has 1 amide bonds. The molecule has 10 heteroatoms. The summed E-state index contributed by atoms with van der Waals surface area (Å²) in [5.74, 6) is 6.80. The molecule has 182 valence electrons. The van der Waals surface area contributed by atoms with E-state index in [0.717, 1.165) is 40.8 Å². The van der Waals surface area contributed by atoms with E-state index in [1.807, 2.05) is 48.2 Å². The van der Waals surface area contributed by atoms with Crippen LogP contribution in [0.15, 0.2) is 64.5 Å². The fourth-order valence-electron chi connectivity index (χ4n) is 4.70. The molecule has 1 fully saturated rings. The van der Waals surface area contributed by atoms with Gasteiger partial charge in [-0.1, -0.05) is 42.8 Å². The molecule has 1 aliphatic carbocycles. The Kier molecular flexibility index (Phi) is 6.82. The number of anilines is 1. The summed E-state index contributed by atoms with van der Waals surface area (Å²) in [6.07, 6.45) is 7.91. The third kappa shape index (κ3) is 4.68. The second-order valence-corrected chi connectivity index (χ2v) is 10.1. The lowest BCUT2D eigenvalue weighted by Crippen LogP contribution is -2.44. The first-order valence-corrected chi connectivity index (χ1v) is 12.8. The second kappa shape index (κ2) is 10.0. The first-order chi connectivity index (χ1) is 17.0. The van der Waals surface area contributed by atoms with Gasteiger partial charge in [-0.15, -0.1) is 0 Å². The number of carbonyl (C=O) groups excluding carboxylic acids is 1. The van der Waals surface area contributed by atoms with E-state index in [1.165, 1.54) is 0 Å². The second-order valence-electron chi connectivity index (χ2n) is 8.88. The molecule has 8 nitrogen and oxygen atoms in total. The standard InChI is InChI=1S/C25H26BrClN6O2/c1-15-5-4-8-21(35-28)23(15)25(34)32-11-9-16(10-12-32)30-22-13-20(17-6-2-3-7-19(17)27)31-24-18(26)14-29-33(22)24/h2-4,6-8,13-16,30H,5,9-12,28H2,1H3/t15-/m1/s1. The van der Waals surface area contributed by atoms with E-state index in [-0.39, 0.29) is 17.9 Å². The quantitative estimate of drug-likeness (QED) is 0.431. The number of aromatic nitrogens is 3. The van der Waals surface area contributed by atoms with Crippen LogP contribution in [0.1, 0.15) is 26.2 Å². The highest BCUT2D eigenvalue weighted by molar-refractivity contribution is 9.10. The van der Waals surface area contributed by atoms with Gasteiger partial charge in [0.2, 0.25) is 0 Å². The van der Waals surface area contributed by atoms with Crippen LogP contribution in [0.5, 0.6) is 0 Å². The molecule has 1 atom stereocenters. The molecule has 0 radical (unpaired) electrons. The number of nitrogens with one attached hydrogen (secondary N) is 1. The average molecular weight is 558 g/mol. The first-order valence-electron chi connectivity index (χ1n) is 11.6. The maximum absolute atomic E-state index is 13.2. The van der Waals surface area contributed by atoms with Crippen LogP contribution in [0.2, 0.25) is 5.02 Å². The van der Waals surface area contributed by atoms with Crippen LogP contribution in [-0.2, 0) is 9.63 Å². The summed E-state index contributed by atoms with van der Waals surface area (Å²) < 4.78 is 2.59. The summed E-state index contributed by atoms with van der Waals surface area (Å²) in [6.45, 7) is 3.31. The molecule has 35 heavy (non-hydrogen) atoms. The van der Waals surface area contributed by atoms with Gasteiger partial charge >= 0.3 is 0 Å². The summed E-state index contributed by atoms with van der Waals surface area (Å²) in [6, 6.07) is 9.79. The van der Waals surface area contributed by atoms with Crippen molar-refractivity contribution in [1.29, 1.82) is 0 Å². The highest BCUT2D eigenvalue weighted by Crippen LogP contribution is 2.32. The van der Waals surface area contributed by atoms with Gasteiger partial charge in [0, 0.05) is 35.8 Å². The lowest BCUT2D eigenvalue weighted by Gasteiger charge is -2.34. The number of halogens is 2. The van der Waals surface area contributed by atoms with Crippen molar-refractivity contribution >= 4 is 44.9 Å². The van der Waals surface area contributed by atoms with Gasteiger partial charge in [-0.3, -0.25) is 4.79 Å². The Morgan fingerprint density at radius 3 is 2.80 bits per heavy atom. The van der Waals surface area contributed by atoms with Crippen LogP contribution < -0.4 is 11.2 Å². The molecule has 1 aliphatic heterocycles. The maximum atomic E-state index is 13.2. The Morgan fingerprint density at radius 1 is 1.29 bits per heavy atom. The topological polar surface area (TPSA) is 97.8 Å². The van der Waals surface area contributed by atoms with Crippen molar-refractivity contribution in [1.82, 2.24) is 19.5 Å². The van der Waals surface area contributed by atoms with Gasteiger partial charge in [-0.25, -0.2) is 4.98 Å². The highest BCUT2D eigenvalue weighted by atomic mass is 79.9. The van der Waals surface area contributed by atoms with Gasteiger partial charge < -0.3 is 15.1 Å². The summed E-state index contributed by atoms with van der Waals surface area (Å²) in [4.78, 5) is 24.9. The molecule has 3 N–H and O–H groups in total. The summed E-state index contributed by atoms with van der Waals surface area (Å²) in [5.41, 5.74) is 2.98. The van der Waals surface area contributed by atoms with Crippen molar-refractivity contribution in [2.24, 2.45) is 11.8 Å². The zero-order valence-corrected chi connectivity index (χ0v) is 21.6. The van der Waals surface area contributed by atoms with Gasteiger partial charge in [-0.2, -0.15) is 15.5 Å². The van der Waals surface area contributed by atoms with Crippen LogP contribution in [0.4, 0.5) is 5.82 Å². The van der Waals surface area contributed by atoms with Gasteiger partial charge in [-0.05, 0) is 53.3 Å². The number of piperidine rings is 1. The van der Waals surface area contributed by atoms with E-state index >= 15 is 0 Å². The molecule has 2 aliphatic rings. The molecule has 0 unspecified atom stereocenters. The number of carbonyl (C=O) groups is 1. The van der Waals surface area contributed by atoms with Gasteiger partial charge in [0.1, 0.15) is 5.82 Å². The third-order valence-corrected chi connectivity index (χ3v) is 7.48. The minimum absolute atomic E-state index is 0.00376. The first kappa shape index (κ1) is 23.8. The molecule has 2 aromatic heterocycles. The Balaban J connectivity index is 1.35. The monoisotopic (exact) mass is 556 g/mol. The number of nitrogens with zero attached hydrogens (tertiary/aromatic N) is 4. The van der Waals surface area contributed by atoms with Crippen molar-refractivity contribution < 1.29 is 9.63 Å². The molecular weight excluding hydrogens is 532 g/mol. The van der Waals surface area contributed by atoms with Crippen LogP contribution >= 0.6 is 27.5 Å². The molecule has 3 aromatic rings. The van der Waals surface area contributed by atoms with E-state index in [2.05, 4.69) is 26.3 Å². The number of allylic oxidation sites excluding steroid dienone is 2. The van der Waals surface area contributed by atoms with Crippen molar-refractivity contribution in [3.63, 3.8) is 0 Å². The van der Waals surface area contributed by atoms with Crippen LogP contribution in [-0.4, -0.2) is 44.5 Å². The Bertz CT molecular complexity index is 1330. The molecule has 0 spiro atoms. The number of nitrogens with two attached hydrogens (primary N) is 1. The van der Waals surface area contributed by atoms with Crippen molar-refractivity contribution in [3.05, 3.63) is 69.5 Å². The number of rotatable bonds is 5.